The van der Waals surface area contributed by atoms with E-state index in [1.165, 1.54) is 23.5 Å². The first-order valence-corrected chi connectivity index (χ1v) is 12.5. The van der Waals surface area contributed by atoms with Gasteiger partial charge in [-0.25, -0.2) is 9.37 Å². The van der Waals surface area contributed by atoms with Crippen LogP contribution in [0.2, 0.25) is 0 Å². The maximum Gasteiger partial charge on any atom is 0.263 e. The average Bonchev–Trinajstić information content (AvgIpc) is 3.47. The van der Waals surface area contributed by atoms with Gasteiger partial charge in [0, 0.05) is 25.8 Å². The SMILES string of the molecule is CC(NC(=O)c1c[nH]c2ncc(-c3ccc(C(=O)N(C)Cc4ccc(F)cc4)s3)[n+](C)c12)C(C)(C)C. The Kier molecular flexibility index (Phi) is 6.95. The maximum absolute atomic E-state index is 13.2. The number of benzene rings is 1. The molecule has 36 heavy (non-hydrogen) atoms. The highest BCUT2D eigenvalue weighted by Gasteiger charge is 2.28. The molecule has 0 fully saturated rings. The summed E-state index contributed by atoms with van der Waals surface area (Å²) in [4.78, 5) is 36.8. The lowest BCUT2D eigenvalue weighted by molar-refractivity contribution is -0.633. The van der Waals surface area contributed by atoms with Gasteiger partial charge in [0.2, 0.25) is 11.3 Å². The normalized spacial score (nSPS) is 12.5. The van der Waals surface area contributed by atoms with Crippen molar-refractivity contribution in [3.63, 3.8) is 0 Å². The van der Waals surface area contributed by atoms with Crippen molar-refractivity contribution in [3.05, 3.63) is 70.6 Å². The number of hydrogen-bond acceptors (Lipinski definition) is 4. The van der Waals surface area contributed by atoms with E-state index in [1.54, 1.807) is 42.5 Å². The van der Waals surface area contributed by atoms with Gasteiger partial charge in [-0.05, 0) is 42.2 Å². The number of nitrogens with zero attached hydrogens (tertiary/aromatic N) is 3. The summed E-state index contributed by atoms with van der Waals surface area (Å²) >= 11 is 1.37. The van der Waals surface area contributed by atoms with Gasteiger partial charge in [-0.3, -0.25) is 9.59 Å². The van der Waals surface area contributed by atoms with Crippen molar-refractivity contribution in [1.82, 2.24) is 20.2 Å². The van der Waals surface area contributed by atoms with E-state index < -0.39 is 0 Å². The van der Waals surface area contributed by atoms with Crippen LogP contribution in [0.5, 0.6) is 0 Å². The van der Waals surface area contributed by atoms with Crippen LogP contribution in [0.4, 0.5) is 4.39 Å². The van der Waals surface area contributed by atoms with E-state index in [4.69, 9.17) is 0 Å². The Morgan fingerprint density at radius 3 is 2.56 bits per heavy atom. The number of rotatable bonds is 6. The van der Waals surface area contributed by atoms with Crippen LogP contribution in [-0.4, -0.2) is 39.8 Å². The number of amides is 2. The van der Waals surface area contributed by atoms with Crippen molar-refractivity contribution in [2.45, 2.75) is 40.3 Å². The summed E-state index contributed by atoms with van der Waals surface area (Å²) in [5.74, 6) is -0.589. The van der Waals surface area contributed by atoms with Gasteiger partial charge in [0.05, 0.1) is 4.88 Å². The number of fused-ring (bicyclic) bond motifs is 1. The van der Waals surface area contributed by atoms with Gasteiger partial charge >= 0.3 is 0 Å². The summed E-state index contributed by atoms with van der Waals surface area (Å²) in [6, 6.07) is 9.79. The summed E-state index contributed by atoms with van der Waals surface area (Å²) in [5, 5.41) is 3.09. The fourth-order valence-electron chi connectivity index (χ4n) is 3.78. The number of nitrogens with one attached hydrogen (secondary N) is 2. The van der Waals surface area contributed by atoms with E-state index in [1.807, 2.05) is 24.6 Å². The lowest BCUT2D eigenvalue weighted by Crippen LogP contribution is -2.42. The lowest BCUT2D eigenvalue weighted by atomic mass is 9.88. The molecule has 0 aliphatic carbocycles. The van der Waals surface area contributed by atoms with E-state index in [0.717, 1.165) is 16.1 Å². The molecule has 1 aromatic carbocycles. The monoisotopic (exact) mass is 508 g/mol. The zero-order valence-electron chi connectivity index (χ0n) is 21.3. The Labute approximate surface area is 214 Å². The minimum Gasteiger partial charge on any atom is -0.349 e. The van der Waals surface area contributed by atoms with Gasteiger partial charge in [-0.15, -0.1) is 11.3 Å². The second-order valence-corrected chi connectivity index (χ2v) is 11.2. The Balaban J connectivity index is 1.59. The van der Waals surface area contributed by atoms with Gasteiger partial charge in [0.1, 0.15) is 29.5 Å². The first-order valence-electron chi connectivity index (χ1n) is 11.7. The smallest absolute Gasteiger partial charge is 0.263 e. The number of halogens is 1. The summed E-state index contributed by atoms with van der Waals surface area (Å²) in [5.41, 5.74) is 3.40. The third kappa shape index (κ3) is 5.16. The molecule has 0 saturated heterocycles. The van der Waals surface area contributed by atoms with Crippen LogP contribution in [-0.2, 0) is 13.6 Å². The molecule has 1 atom stereocenters. The molecule has 2 N–H and O–H groups in total. The van der Waals surface area contributed by atoms with Crippen molar-refractivity contribution in [2.75, 3.05) is 7.05 Å². The Bertz CT molecular complexity index is 1420. The standard InChI is InChI=1S/C27H30FN5O2S/c1-16(27(2,3)4)31-25(34)19-13-29-24-23(19)33(6)20(14-30-24)21-11-12-22(36-21)26(35)32(5)15-17-7-9-18(28)10-8-17/h7-14,16H,15H2,1-6H3,(H,31,34)/p+1. The average molecular weight is 509 g/mol. The van der Waals surface area contributed by atoms with Crippen LogP contribution in [0.1, 0.15) is 53.3 Å². The van der Waals surface area contributed by atoms with Crippen LogP contribution in [0.15, 0.2) is 48.8 Å². The first kappa shape index (κ1) is 25.5. The fraction of sp³-hybridized carbons (Fsp3) is 0.333. The molecule has 0 aliphatic heterocycles. The summed E-state index contributed by atoms with van der Waals surface area (Å²) in [7, 11) is 3.61. The molecule has 2 amide bonds. The first-order chi connectivity index (χ1) is 17.0. The number of aromatic amines is 1. The zero-order valence-corrected chi connectivity index (χ0v) is 22.2. The number of H-pyrrole nitrogens is 1. The topological polar surface area (TPSA) is 82.0 Å². The lowest BCUT2D eigenvalue weighted by Gasteiger charge is -2.27. The van der Waals surface area contributed by atoms with Gasteiger partial charge < -0.3 is 15.2 Å². The van der Waals surface area contributed by atoms with Gasteiger partial charge in [-0.1, -0.05) is 32.9 Å². The van der Waals surface area contributed by atoms with E-state index in [0.29, 0.717) is 28.1 Å². The molecule has 4 aromatic rings. The molecule has 0 aliphatic rings. The summed E-state index contributed by atoms with van der Waals surface area (Å²) in [6.07, 6.45) is 3.42. The number of aromatic nitrogens is 3. The van der Waals surface area contributed by atoms with Crippen molar-refractivity contribution in [3.8, 4) is 10.6 Å². The van der Waals surface area contributed by atoms with Gasteiger partial charge in [0.25, 0.3) is 17.3 Å². The van der Waals surface area contributed by atoms with Crippen molar-refractivity contribution >= 4 is 34.3 Å². The van der Waals surface area contributed by atoms with Crippen molar-refractivity contribution in [2.24, 2.45) is 12.5 Å². The van der Waals surface area contributed by atoms with Crippen LogP contribution in [0.25, 0.3) is 21.7 Å². The molecule has 3 heterocycles. The zero-order chi connectivity index (χ0) is 26.2. The highest BCUT2D eigenvalue weighted by Crippen LogP contribution is 2.28. The molecular formula is C27H31FN5O2S+. The summed E-state index contributed by atoms with van der Waals surface area (Å²) in [6.45, 7) is 8.62. The molecule has 1 unspecified atom stereocenters. The second-order valence-electron chi connectivity index (χ2n) is 10.1. The molecule has 3 aromatic heterocycles. The molecule has 9 heteroatoms. The van der Waals surface area contributed by atoms with Crippen molar-refractivity contribution < 1.29 is 18.5 Å². The third-order valence-electron chi connectivity index (χ3n) is 6.49. The van der Waals surface area contributed by atoms with Gasteiger partial charge in [0.15, 0.2) is 0 Å². The maximum atomic E-state index is 13.2. The van der Waals surface area contributed by atoms with Gasteiger partial charge in [-0.2, -0.15) is 4.57 Å². The molecule has 0 radical (unpaired) electrons. The predicted octanol–water partition coefficient (Wildman–Crippen LogP) is 4.69. The quantitative estimate of drug-likeness (QED) is 0.371. The highest BCUT2D eigenvalue weighted by atomic mass is 32.1. The van der Waals surface area contributed by atoms with Crippen LogP contribution in [0, 0.1) is 11.2 Å². The Hall–Kier alpha value is -3.59. The summed E-state index contributed by atoms with van der Waals surface area (Å²) < 4.78 is 15.1. The molecular weight excluding hydrogens is 477 g/mol. The highest BCUT2D eigenvalue weighted by molar-refractivity contribution is 7.17. The minimum absolute atomic E-state index is 0.0193. The number of thiophene rings is 1. The van der Waals surface area contributed by atoms with E-state index in [2.05, 4.69) is 36.1 Å². The van der Waals surface area contributed by atoms with E-state index in [9.17, 15) is 14.0 Å². The number of aryl methyl sites for hydroxylation is 1. The Morgan fingerprint density at radius 1 is 1.19 bits per heavy atom. The third-order valence-corrected chi connectivity index (χ3v) is 7.58. The fourth-order valence-corrected chi connectivity index (χ4v) is 4.83. The number of hydrogen-bond donors (Lipinski definition) is 2. The molecule has 0 bridgehead atoms. The van der Waals surface area contributed by atoms with E-state index >= 15 is 0 Å². The second kappa shape index (κ2) is 9.81. The largest absolute Gasteiger partial charge is 0.349 e. The van der Waals surface area contributed by atoms with Crippen LogP contribution >= 0.6 is 11.3 Å². The minimum atomic E-state index is -0.305. The molecule has 7 nitrogen and oxygen atoms in total. The number of carbonyl (C=O) groups is 2. The molecule has 188 valence electrons. The molecule has 0 spiro atoms. The molecule has 0 saturated carbocycles. The van der Waals surface area contributed by atoms with Crippen molar-refractivity contribution in [1.29, 1.82) is 0 Å². The number of carbonyl (C=O) groups excluding carboxylic acids is 2. The Morgan fingerprint density at radius 2 is 1.89 bits per heavy atom. The predicted molar refractivity (Wildman–Crippen MR) is 139 cm³/mol. The van der Waals surface area contributed by atoms with E-state index in [-0.39, 0.29) is 29.1 Å². The van der Waals surface area contributed by atoms with Crippen LogP contribution in [0.3, 0.4) is 0 Å². The molecule has 4 rings (SSSR count). The van der Waals surface area contributed by atoms with Crippen LogP contribution < -0.4 is 9.88 Å².